The second kappa shape index (κ2) is 17.0. The van der Waals surface area contributed by atoms with Crippen LogP contribution in [-0.2, 0) is 0 Å². The molecule has 0 fully saturated rings. The highest BCUT2D eigenvalue weighted by atomic mass is 14.2. The molecule has 342 valence electrons. The molecule has 0 saturated carbocycles. The van der Waals surface area contributed by atoms with E-state index in [9.17, 15) is 0 Å². The van der Waals surface area contributed by atoms with Crippen molar-refractivity contribution in [2.45, 2.75) is 0 Å². The van der Waals surface area contributed by atoms with Crippen LogP contribution < -0.4 is 0 Å². The fraction of sp³-hybridized carbons (Fsp3) is 0. The summed E-state index contributed by atoms with van der Waals surface area (Å²) in [6.07, 6.45) is 0. The molecule has 0 aliphatic rings. The molecule has 0 heteroatoms. The summed E-state index contributed by atoms with van der Waals surface area (Å²) >= 11 is 0. The van der Waals surface area contributed by atoms with Crippen LogP contribution in [0.1, 0.15) is 0 Å². The lowest BCUT2D eigenvalue weighted by atomic mass is 9.84. The first-order valence-corrected chi connectivity index (χ1v) is 25.7. The van der Waals surface area contributed by atoms with Gasteiger partial charge in [-0.25, -0.2) is 0 Å². The van der Waals surface area contributed by atoms with E-state index in [0.717, 1.165) is 0 Å². The van der Waals surface area contributed by atoms with Gasteiger partial charge in [-0.1, -0.05) is 261 Å². The van der Waals surface area contributed by atoms with Gasteiger partial charge >= 0.3 is 0 Å². The molecule has 0 unspecified atom stereocenters. The fourth-order valence-electron chi connectivity index (χ4n) is 12.5. The minimum absolute atomic E-state index is 1.20. The van der Waals surface area contributed by atoms with Crippen LogP contribution in [0.2, 0.25) is 0 Å². The molecule has 0 aliphatic carbocycles. The Kier molecular flexibility index (Phi) is 9.68. The third-order valence-electron chi connectivity index (χ3n) is 15.8. The van der Waals surface area contributed by atoms with Gasteiger partial charge in [-0.3, -0.25) is 0 Å². The molecule has 0 saturated heterocycles. The van der Waals surface area contributed by atoms with Gasteiger partial charge in [0.2, 0.25) is 0 Å². The Hall–Kier alpha value is -9.62. The van der Waals surface area contributed by atoms with Crippen molar-refractivity contribution in [1.29, 1.82) is 0 Å². The van der Waals surface area contributed by atoms with Gasteiger partial charge in [0, 0.05) is 0 Å². The second-order valence-electron chi connectivity index (χ2n) is 19.8. The Morgan fingerprint density at radius 3 is 0.946 bits per heavy atom. The number of fused-ring (bicyclic) bond motifs is 8. The monoisotopic (exact) mass is 934 g/mol. The Morgan fingerprint density at radius 1 is 0.135 bits per heavy atom. The van der Waals surface area contributed by atoms with E-state index in [-0.39, 0.29) is 0 Å². The third kappa shape index (κ3) is 6.69. The average Bonchev–Trinajstić information content (AvgIpc) is 3.51. The van der Waals surface area contributed by atoms with Crippen molar-refractivity contribution in [3.05, 3.63) is 279 Å². The number of rotatable bonds is 6. The van der Waals surface area contributed by atoms with E-state index in [1.54, 1.807) is 0 Å². The van der Waals surface area contributed by atoms with Gasteiger partial charge < -0.3 is 0 Å². The van der Waals surface area contributed by atoms with Gasteiger partial charge in [0.05, 0.1) is 0 Å². The zero-order chi connectivity index (χ0) is 48.7. The van der Waals surface area contributed by atoms with Crippen LogP contribution >= 0.6 is 0 Å². The molecular weight excluding hydrogens is 889 g/mol. The molecule has 15 aromatic carbocycles. The summed E-state index contributed by atoms with van der Waals surface area (Å²) < 4.78 is 0. The molecule has 0 aromatic heterocycles. The smallest absolute Gasteiger partial charge is 0.00201 e. The Balaban J connectivity index is 0.833. The predicted molar refractivity (Wildman–Crippen MR) is 319 cm³/mol. The maximum atomic E-state index is 2.38. The van der Waals surface area contributed by atoms with Crippen LogP contribution in [0, 0.1) is 0 Å². The Labute approximate surface area is 429 Å². The molecule has 0 spiro atoms. The fourth-order valence-corrected chi connectivity index (χ4v) is 12.5. The van der Waals surface area contributed by atoms with Crippen LogP contribution in [0.15, 0.2) is 279 Å². The molecule has 15 rings (SSSR count). The topological polar surface area (TPSA) is 0 Å². The van der Waals surface area contributed by atoms with Gasteiger partial charge in [0.25, 0.3) is 0 Å². The molecule has 0 atom stereocenters. The Bertz CT molecular complexity index is 4650. The van der Waals surface area contributed by atoms with E-state index in [0.29, 0.717) is 0 Å². The minimum atomic E-state index is 1.20. The van der Waals surface area contributed by atoms with Gasteiger partial charge in [0.15, 0.2) is 0 Å². The van der Waals surface area contributed by atoms with E-state index in [4.69, 9.17) is 0 Å². The van der Waals surface area contributed by atoms with Crippen molar-refractivity contribution in [2.75, 3.05) is 0 Å². The van der Waals surface area contributed by atoms with Gasteiger partial charge in [-0.2, -0.15) is 0 Å². The maximum Gasteiger partial charge on any atom is -0.00201 e. The maximum absolute atomic E-state index is 2.38. The summed E-state index contributed by atoms with van der Waals surface area (Å²) in [7, 11) is 0. The van der Waals surface area contributed by atoms with Crippen molar-refractivity contribution < 1.29 is 0 Å². The van der Waals surface area contributed by atoms with Crippen LogP contribution in [-0.4, -0.2) is 0 Å². The second-order valence-corrected chi connectivity index (χ2v) is 19.8. The standard InChI is InChI=1S/C74H46/c1-2-18-51-46-56(39-34-47(51)16-1)72-65-25-7-11-29-69(65)74(70-30-12-8-26-66(70)72)62-33-15-21-55-45-53(41-43-60(55)62)52-40-42-59-54(44-52)20-14-32-61(59)73-67-27-9-5-23-63(67)71(64-24-6-10-28-68(64)73)50-37-35-49(36-38-50)58-31-13-19-48-17-3-4-22-57(48)58/h1-46H. The summed E-state index contributed by atoms with van der Waals surface area (Å²) in [5.41, 5.74) is 14.9. The molecule has 0 N–H and O–H groups in total. The van der Waals surface area contributed by atoms with E-state index in [2.05, 4.69) is 279 Å². The van der Waals surface area contributed by atoms with Crippen LogP contribution in [0.3, 0.4) is 0 Å². The van der Waals surface area contributed by atoms with Gasteiger partial charge in [-0.05, 0) is 171 Å². The lowest BCUT2D eigenvalue weighted by Crippen LogP contribution is -1.92. The summed E-state index contributed by atoms with van der Waals surface area (Å²) in [5.74, 6) is 0. The molecule has 74 heavy (non-hydrogen) atoms. The highest BCUT2D eigenvalue weighted by Crippen LogP contribution is 2.48. The molecule has 0 radical (unpaired) electrons. The van der Waals surface area contributed by atoms with Crippen molar-refractivity contribution in [2.24, 2.45) is 0 Å². The summed E-state index contributed by atoms with van der Waals surface area (Å²) in [6, 6.07) is 104. The van der Waals surface area contributed by atoms with Crippen molar-refractivity contribution in [1.82, 2.24) is 0 Å². The highest BCUT2D eigenvalue weighted by molar-refractivity contribution is 6.25. The van der Waals surface area contributed by atoms with E-state index >= 15 is 0 Å². The molecule has 0 aliphatic heterocycles. The van der Waals surface area contributed by atoms with Crippen molar-refractivity contribution >= 4 is 86.2 Å². The quantitative estimate of drug-likeness (QED) is 0.146. The lowest BCUT2D eigenvalue weighted by molar-refractivity contribution is 1.63. The number of benzene rings is 15. The average molecular weight is 935 g/mol. The first-order valence-electron chi connectivity index (χ1n) is 25.7. The van der Waals surface area contributed by atoms with Crippen molar-refractivity contribution in [3.63, 3.8) is 0 Å². The first kappa shape index (κ1) is 42.1. The number of hydrogen-bond acceptors (Lipinski definition) is 0. The molecule has 15 aromatic rings. The van der Waals surface area contributed by atoms with Gasteiger partial charge in [0.1, 0.15) is 0 Å². The zero-order valence-corrected chi connectivity index (χ0v) is 40.6. The summed E-state index contributed by atoms with van der Waals surface area (Å²) in [4.78, 5) is 0. The van der Waals surface area contributed by atoms with E-state index in [1.165, 1.54) is 153 Å². The lowest BCUT2D eigenvalue weighted by Gasteiger charge is -2.19. The molecule has 0 bridgehead atoms. The third-order valence-corrected chi connectivity index (χ3v) is 15.8. The molecule has 0 amide bonds. The molecular formula is C74H46. The molecule has 0 nitrogen and oxygen atoms in total. The largest absolute Gasteiger partial charge is 0.0616 e. The van der Waals surface area contributed by atoms with Crippen LogP contribution in [0.4, 0.5) is 0 Å². The van der Waals surface area contributed by atoms with Crippen molar-refractivity contribution in [3.8, 4) is 66.8 Å². The predicted octanol–water partition coefficient (Wildman–Crippen LogP) is 20.9. The summed E-state index contributed by atoms with van der Waals surface area (Å²) in [6.45, 7) is 0. The van der Waals surface area contributed by atoms with E-state index in [1.807, 2.05) is 0 Å². The Morgan fingerprint density at radius 2 is 0.446 bits per heavy atom. The number of hydrogen-bond donors (Lipinski definition) is 0. The van der Waals surface area contributed by atoms with Gasteiger partial charge in [-0.15, -0.1) is 0 Å². The minimum Gasteiger partial charge on any atom is -0.0616 e. The van der Waals surface area contributed by atoms with E-state index < -0.39 is 0 Å². The summed E-state index contributed by atoms with van der Waals surface area (Å²) in [5, 5.41) is 20.0. The van der Waals surface area contributed by atoms with Crippen LogP contribution in [0.5, 0.6) is 0 Å². The SMILES string of the molecule is c1ccc2cc(-c3c4ccccc4c(-c4cccc5cc(-c6ccc7c(-c8c9ccccc9c(-c9ccc(-c%10cccc%11ccccc%10%11)cc9)c9ccccc89)cccc7c6)ccc45)c4ccccc34)ccc2c1. The normalized spacial score (nSPS) is 11.8. The highest BCUT2D eigenvalue weighted by Gasteiger charge is 2.21. The van der Waals surface area contributed by atoms with Crippen LogP contribution in [0.25, 0.3) is 153 Å². The zero-order valence-electron chi connectivity index (χ0n) is 40.6. The molecule has 0 heterocycles. The first-order chi connectivity index (χ1) is 36.7.